The zero-order chi connectivity index (χ0) is 14.8. The molecular weight excluding hydrogens is 284 g/mol. The number of H-pyrrole nitrogens is 1. The Labute approximate surface area is 127 Å². The molecule has 3 aromatic rings. The molecule has 1 unspecified atom stereocenters. The third kappa shape index (κ3) is 2.93. The molecule has 2 N–H and O–H groups in total. The van der Waals surface area contributed by atoms with Gasteiger partial charge in [-0.05, 0) is 36.8 Å². The normalized spacial score (nSPS) is 12.3. The van der Waals surface area contributed by atoms with Crippen LogP contribution >= 0.6 is 11.6 Å². The largest absolute Gasteiger partial charge is 0.351 e. The Kier molecular flexibility index (Phi) is 3.67. The summed E-state index contributed by atoms with van der Waals surface area (Å²) in [5.41, 5.74) is 2.54. The lowest BCUT2D eigenvalue weighted by atomic mass is 10.1. The smallest absolute Gasteiger partial charge is 0.268 e. The van der Waals surface area contributed by atoms with Crippen LogP contribution in [0.4, 0.5) is 0 Å². The molecule has 3 rings (SSSR count). The molecule has 1 aromatic heterocycles. The molecule has 0 radical (unpaired) electrons. The van der Waals surface area contributed by atoms with Crippen LogP contribution in [-0.2, 0) is 0 Å². The van der Waals surface area contributed by atoms with Crippen molar-refractivity contribution >= 4 is 28.4 Å². The summed E-state index contributed by atoms with van der Waals surface area (Å²) < 4.78 is 0. The number of halogens is 1. The van der Waals surface area contributed by atoms with E-state index in [9.17, 15) is 4.79 Å². The minimum absolute atomic E-state index is 0.0822. The van der Waals surface area contributed by atoms with E-state index >= 15 is 0 Å². The molecular formula is C17H15ClN2O. The van der Waals surface area contributed by atoms with E-state index in [1.54, 1.807) is 0 Å². The fraction of sp³-hybridized carbons (Fsp3) is 0.118. The summed E-state index contributed by atoms with van der Waals surface area (Å²) in [5.74, 6) is -0.117. The van der Waals surface area contributed by atoms with E-state index < -0.39 is 0 Å². The van der Waals surface area contributed by atoms with Crippen LogP contribution in [0, 0.1) is 0 Å². The van der Waals surface area contributed by atoms with Crippen LogP contribution in [0.3, 0.4) is 0 Å². The highest BCUT2D eigenvalue weighted by atomic mass is 35.5. The lowest BCUT2D eigenvalue weighted by Crippen LogP contribution is -2.26. The molecule has 3 nitrogen and oxygen atoms in total. The van der Waals surface area contributed by atoms with Crippen molar-refractivity contribution < 1.29 is 4.79 Å². The molecule has 0 aliphatic carbocycles. The Hall–Kier alpha value is -2.26. The third-order valence-corrected chi connectivity index (χ3v) is 3.74. The highest BCUT2D eigenvalue weighted by molar-refractivity contribution is 6.30. The molecule has 0 spiro atoms. The lowest BCUT2D eigenvalue weighted by Gasteiger charge is -2.13. The number of nitrogens with one attached hydrogen (secondary N) is 2. The van der Waals surface area contributed by atoms with Gasteiger partial charge in [0.05, 0.1) is 6.04 Å². The van der Waals surface area contributed by atoms with Crippen molar-refractivity contribution in [3.8, 4) is 0 Å². The van der Waals surface area contributed by atoms with Gasteiger partial charge in [0.2, 0.25) is 0 Å². The molecule has 0 bridgehead atoms. The van der Waals surface area contributed by atoms with Crippen molar-refractivity contribution in [2.75, 3.05) is 0 Å². The van der Waals surface area contributed by atoms with Gasteiger partial charge in [-0.15, -0.1) is 0 Å². The van der Waals surface area contributed by atoms with Crippen molar-refractivity contribution in [1.29, 1.82) is 0 Å². The first-order valence-electron chi connectivity index (χ1n) is 6.77. The van der Waals surface area contributed by atoms with Gasteiger partial charge in [-0.1, -0.05) is 41.9 Å². The number of carbonyl (C=O) groups excluding carboxylic acids is 1. The van der Waals surface area contributed by atoms with Crippen LogP contribution in [0.5, 0.6) is 0 Å². The van der Waals surface area contributed by atoms with Gasteiger partial charge in [0.15, 0.2) is 0 Å². The van der Waals surface area contributed by atoms with Gasteiger partial charge in [-0.3, -0.25) is 4.79 Å². The van der Waals surface area contributed by atoms with Crippen molar-refractivity contribution in [3.63, 3.8) is 0 Å². The minimum atomic E-state index is -0.117. The van der Waals surface area contributed by atoms with Crippen LogP contribution in [0.15, 0.2) is 54.6 Å². The summed E-state index contributed by atoms with van der Waals surface area (Å²) in [6, 6.07) is 17.1. The highest BCUT2D eigenvalue weighted by Gasteiger charge is 2.13. The summed E-state index contributed by atoms with van der Waals surface area (Å²) in [5, 5.41) is 4.70. The van der Waals surface area contributed by atoms with Crippen LogP contribution in [0.25, 0.3) is 10.9 Å². The van der Waals surface area contributed by atoms with Crippen LogP contribution in [-0.4, -0.2) is 10.9 Å². The summed E-state index contributed by atoms with van der Waals surface area (Å²) in [7, 11) is 0. The van der Waals surface area contributed by atoms with Crippen molar-refractivity contribution in [2.24, 2.45) is 0 Å². The zero-order valence-corrected chi connectivity index (χ0v) is 12.3. The molecule has 1 amide bonds. The van der Waals surface area contributed by atoms with E-state index in [2.05, 4.69) is 10.3 Å². The van der Waals surface area contributed by atoms with Crippen molar-refractivity contribution in [2.45, 2.75) is 13.0 Å². The zero-order valence-electron chi connectivity index (χ0n) is 11.6. The van der Waals surface area contributed by atoms with E-state index in [0.29, 0.717) is 10.7 Å². The van der Waals surface area contributed by atoms with E-state index in [4.69, 9.17) is 11.6 Å². The number of amides is 1. The maximum Gasteiger partial charge on any atom is 0.268 e. The predicted molar refractivity (Wildman–Crippen MR) is 85.6 cm³/mol. The van der Waals surface area contributed by atoms with E-state index in [1.165, 1.54) is 0 Å². The fourth-order valence-electron chi connectivity index (χ4n) is 2.30. The molecule has 0 saturated heterocycles. The second-order valence-electron chi connectivity index (χ2n) is 5.02. The summed E-state index contributed by atoms with van der Waals surface area (Å²) >= 11 is 5.87. The number of benzene rings is 2. The Morgan fingerprint density at radius 3 is 2.57 bits per heavy atom. The van der Waals surface area contributed by atoms with E-state index in [1.807, 2.05) is 61.5 Å². The average molecular weight is 299 g/mol. The molecule has 0 aliphatic rings. The SMILES string of the molecule is CC(NC(=O)c1cc2ccccc2[nH]1)c1ccc(Cl)cc1. The molecule has 1 atom stereocenters. The number of fused-ring (bicyclic) bond motifs is 1. The van der Waals surface area contributed by atoms with Gasteiger partial charge in [0.25, 0.3) is 5.91 Å². The Morgan fingerprint density at radius 1 is 1.14 bits per heavy atom. The third-order valence-electron chi connectivity index (χ3n) is 3.49. The molecule has 21 heavy (non-hydrogen) atoms. The number of rotatable bonds is 3. The second-order valence-corrected chi connectivity index (χ2v) is 5.45. The second kappa shape index (κ2) is 5.62. The number of aromatic nitrogens is 1. The molecule has 0 fully saturated rings. The molecule has 2 aromatic carbocycles. The van der Waals surface area contributed by atoms with Gasteiger partial charge in [-0.2, -0.15) is 0 Å². The monoisotopic (exact) mass is 298 g/mol. The van der Waals surface area contributed by atoms with Gasteiger partial charge in [0.1, 0.15) is 5.69 Å². The molecule has 4 heteroatoms. The molecule has 106 valence electrons. The lowest BCUT2D eigenvalue weighted by molar-refractivity contribution is 0.0935. The van der Waals surface area contributed by atoms with Gasteiger partial charge >= 0.3 is 0 Å². The Morgan fingerprint density at radius 2 is 1.86 bits per heavy atom. The highest BCUT2D eigenvalue weighted by Crippen LogP contribution is 2.18. The molecule has 0 aliphatic heterocycles. The Bertz CT molecular complexity index is 744. The first-order chi connectivity index (χ1) is 10.1. The molecule has 0 saturated carbocycles. The summed E-state index contributed by atoms with van der Waals surface area (Å²) in [6.45, 7) is 1.95. The van der Waals surface area contributed by atoms with Gasteiger partial charge < -0.3 is 10.3 Å². The van der Waals surface area contributed by atoms with Gasteiger partial charge in [0, 0.05) is 15.9 Å². The topological polar surface area (TPSA) is 44.9 Å². The minimum Gasteiger partial charge on any atom is -0.351 e. The predicted octanol–water partition coefficient (Wildman–Crippen LogP) is 4.31. The van der Waals surface area contributed by atoms with Crippen LogP contribution < -0.4 is 5.32 Å². The van der Waals surface area contributed by atoms with Crippen molar-refractivity contribution in [1.82, 2.24) is 10.3 Å². The summed E-state index contributed by atoms with van der Waals surface area (Å²) in [4.78, 5) is 15.4. The summed E-state index contributed by atoms with van der Waals surface area (Å²) in [6.07, 6.45) is 0. The standard InChI is InChI=1S/C17H15ClN2O/c1-11(12-6-8-14(18)9-7-12)19-17(21)16-10-13-4-2-3-5-15(13)20-16/h2-11,20H,1H3,(H,19,21). The van der Waals surface area contributed by atoms with Crippen molar-refractivity contribution in [3.05, 3.63) is 70.9 Å². The van der Waals surface area contributed by atoms with Crippen LogP contribution in [0.2, 0.25) is 5.02 Å². The maximum absolute atomic E-state index is 12.3. The first kappa shape index (κ1) is 13.7. The number of carbonyl (C=O) groups is 1. The number of hydrogen-bond donors (Lipinski definition) is 2. The Balaban J connectivity index is 1.77. The number of aromatic amines is 1. The number of para-hydroxylation sites is 1. The van der Waals surface area contributed by atoms with E-state index in [0.717, 1.165) is 16.5 Å². The number of hydrogen-bond acceptors (Lipinski definition) is 1. The molecule has 1 heterocycles. The van der Waals surface area contributed by atoms with E-state index in [-0.39, 0.29) is 11.9 Å². The average Bonchev–Trinajstić information content (AvgIpc) is 2.92. The quantitative estimate of drug-likeness (QED) is 0.743. The van der Waals surface area contributed by atoms with Crippen LogP contribution in [0.1, 0.15) is 29.0 Å². The fourth-order valence-corrected chi connectivity index (χ4v) is 2.43. The first-order valence-corrected chi connectivity index (χ1v) is 7.15. The maximum atomic E-state index is 12.3. The van der Waals surface area contributed by atoms with Gasteiger partial charge in [-0.25, -0.2) is 0 Å².